The van der Waals surface area contributed by atoms with Crippen LogP contribution in [-0.4, -0.2) is 60.1 Å². The Kier molecular flexibility index (Phi) is 13.2. The van der Waals surface area contributed by atoms with Crippen molar-refractivity contribution in [2.24, 2.45) is 0 Å². The molecule has 0 saturated heterocycles. The highest BCUT2D eigenvalue weighted by atomic mass is 16.6. The van der Waals surface area contributed by atoms with Crippen molar-refractivity contribution in [3.8, 4) is 0 Å². The molecule has 0 atom stereocenters. The van der Waals surface area contributed by atoms with Crippen LogP contribution in [0.5, 0.6) is 0 Å². The van der Waals surface area contributed by atoms with Crippen molar-refractivity contribution in [3.63, 3.8) is 0 Å². The molecule has 38 heavy (non-hydrogen) atoms. The molecule has 0 fully saturated rings. The first-order chi connectivity index (χ1) is 17.6. The number of amides is 2. The van der Waals surface area contributed by atoms with Crippen molar-refractivity contribution in [1.82, 2.24) is 10.6 Å². The zero-order valence-corrected chi connectivity index (χ0v) is 23.6. The lowest BCUT2D eigenvalue weighted by atomic mass is 9.83. The van der Waals surface area contributed by atoms with E-state index in [1.165, 1.54) is 0 Å². The molecule has 0 bridgehead atoms. The Morgan fingerprint density at radius 1 is 0.895 bits per heavy atom. The molecule has 10 heteroatoms. The van der Waals surface area contributed by atoms with Gasteiger partial charge in [0.1, 0.15) is 30.6 Å². The maximum atomic E-state index is 12.9. The zero-order chi connectivity index (χ0) is 28.8. The van der Waals surface area contributed by atoms with Gasteiger partial charge in [0.2, 0.25) is 5.91 Å². The molecule has 1 rings (SSSR count). The molecule has 0 saturated carbocycles. The predicted molar refractivity (Wildman–Crippen MR) is 142 cm³/mol. The maximum Gasteiger partial charge on any atom is 0.407 e. The summed E-state index contributed by atoms with van der Waals surface area (Å²) in [6.07, 6.45) is 8.15. The Bertz CT molecular complexity index is 862. The smallest absolute Gasteiger partial charge is 0.407 e. The number of esters is 2. The van der Waals surface area contributed by atoms with Gasteiger partial charge < -0.3 is 29.6 Å². The first-order valence-corrected chi connectivity index (χ1v) is 13.1. The third kappa shape index (κ3) is 15.2. The molecule has 1 aliphatic rings. The van der Waals surface area contributed by atoms with Crippen molar-refractivity contribution in [2.45, 2.75) is 110 Å². The lowest BCUT2D eigenvalue weighted by Gasteiger charge is -2.35. The molecule has 0 radical (unpaired) electrons. The summed E-state index contributed by atoms with van der Waals surface area (Å²) < 4.78 is 15.9. The first-order valence-electron chi connectivity index (χ1n) is 13.1. The van der Waals surface area contributed by atoms with Crippen LogP contribution in [0.2, 0.25) is 0 Å². The quantitative estimate of drug-likeness (QED) is 0.193. The summed E-state index contributed by atoms with van der Waals surface area (Å²) in [4.78, 5) is 61.0. The molecule has 2 amide bonds. The summed E-state index contributed by atoms with van der Waals surface area (Å²) in [6.45, 7) is 10.2. The maximum absolute atomic E-state index is 12.9. The number of aldehydes is 1. The standard InChI is InChI=1S/C28H44N2O8/c1-26(2,3)37-23(33)13-16-28(15-10-18-31,17-14-24(34)38-27(4,5)6)30-22(32)19-29-25(35)36-20-21-11-8-7-9-12-21/h8,11-12,18H,7,9-10,13-17,19-20H2,1-6H3,(H,29,35)(H,30,32). The Morgan fingerprint density at radius 2 is 1.47 bits per heavy atom. The van der Waals surface area contributed by atoms with E-state index >= 15 is 0 Å². The Hall–Kier alpha value is -3.17. The Morgan fingerprint density at radius 3 is 1.95 bits per heavy atom. The highest BCUT2D eigenvalue weighted by Gasteiger charge is 2.34. The molecule has 0 aliphatic heterocycles. The van der Waals surface area contributed by atoms with Crippen LogP contribution in [0.4, 0.5) is 4.79 Å². The van der Waals surface area contributed by atoms with Gasteiger partial charge in [-0.2, -0.15) is 0 Å². The van der Waals surface area contributed by atoms with Gasteiger partial charge in [0, 0.05) is 24.8 Å². The van der Waals surface area contributed by atoms with Crippen molar-refractivity contribution in [3.05, 3.63) is 23.8 Å². The second-order valence-corrected chi connectivity index (χ2v) is 11.4. The fraction of sp³-hybridized carbons (Fsp3) is 0.679. The minimum Gasteiger partial charge on any atom is -0.460 e. The number of allylic oxidation sites excluding steroid dienone is 2. The van der Waals surface area contributed by atoms with Gasteiger partial charge in [0.05, 0.1) is 0 Å². The van der Waals surface area contributed by atoms with Gasteiger partial charge in [0.25, 0.3) is 0 Å². The van der Waals surface area contributed by atoms with Crippen LogP contribution < -0.4 is 10.6 Å². The summed E-state index contributed by atoms with van der Waals surface area (Å²) in [6, 6.07) is 0. The largest absolute Gasteiger partial charge is 0.460 e. The highest BCUT2D eigenvalue weighted by molar-refractivity contribution is 5.83. The molecule has 0 aromatic heterocycles. The molecule has 0 heterocycles. The van der Waals surface area contributed by atoms with Gasteiger partial charge in [-0.15, -0.1) is 0 Å². The van der Waals surface area contributed by atoms with Crippen molar-refractivity contribution < 1.29 is 38.2 Å². The molecule has 1 aliphatic carbocycles. The van der Waals surface area contributed by atoms with E-state index in [1.807, 2.05) is 18.2 Å². The minimum atomic E-state index is -1.07. The molecule has 0 aromatic rings. The second-order valence-electron chi connectivity index (χ2n) is 11.4. The summed E-state index contributed by atoms with van der Waals surface area (Å²) in [7, 11) is 0. The fourth-order valence-electron chi connectivity index (χ4n) is 3.83. The molecule has 0 spiro atoms. The molecule has 0 unspecified atom stereocenters. The monoisotopic (exact) mass is 536 g/mol. The van der Waals surface area contributed by atoms with Gasteiger partial charge in [-0.1, -0.05) is 18.2 Å². The topological polar surface area (TPSA) is 137 Å². The number of carbonyl (C=O) groups excluding carboxylic acids is 5. The van der Waals surface area contributed by atoms with E-state index in [1.54, 1.807) is 41.5 Å². The molecule has 10 nitrogen and oxygen atoms in total. The van der Waals surface area contributed by atoms with E-state index in [-0.39, 0.29) is 51.7 Å². The van der Waals surface area contributed by atoms with Crippen LogP contribution in [0.25, 0.3) is 0 Å². The van der Waals surface area contributed by atoms with Gasteiger partial charge in [-0.3, -0.25) is 14.4 Å². The van der Waals surface area contributed by atoms with Crippen LogP contribution in [0.15, 0.2) is 23.8 Å². The summed E-state index contributed by atoms with van der Waals surface area (Å²) >= 11 is 0. The SMILES string of the molecule is CC(C)(C)OC(=O)CCC(CCC=O)(CCC(=O)OC(C)(C)C)NC(=O)CNC(=O)OCC1=CCCC=C1. The highest BCUT2D eigenvalue weighted by Crippen LogP contribution is 2.27. The van der Waals surface area contributed by atoms with E-state index in [4.69, 9.17) is 14.2 Å². The second kappa shape index (κ2) is 15.3. The normalized spacial score (nSPS) is 13.7. The van der Waals surface area contributed by atoms with E-state index in [9.17, 15) is 24.0 Å². The number of ether oxygens (including phenoxy) is 3. The Labute approximate surface area is 225 Å². The summed E-state index contributed by atoms with van der Waals surface area (Å²) in [5, 5.41) is 5.27. The lowest BCUT2D eigenvalue weighted by Crippen LogP contribution is -2.52. The number of rotatable bonds is 14. The third-order valence-electron chi connectivity index (χ3n) is 5.44. The van der Waals surface area contributed by atoms with E-state index in [0.29, 0.717) is 6.29 Å². The number of alkyl carbamates (subject to hydrolysis) is 1. The van der Waals surface area contributed by atoms with Crippen molar-refractivity contribution in [2.75, 3.05) is 13.2 Å². The minimum absolute atomic E-state index is 0.0389. The van der Waals surface area contributed by atoms with E-state index < -0.39 is 40.7 Å². The van der Waals surface area contributed by atoms with Gasteiger partial charge in [-0.25, -0.2) is 4.79 Å². The number of hydrogen-bond donors (Lipinski definition) is 2. The lowest BCUT2D eigenvalue weighted by molar-refractivity contribution is -0.155. The summed E-state index contributed by atoms with van der Waals surface area (Å²) in [5.74, 6) is -1.47. The first kappa shape index (κ1) is 32.9. The van der Waals surface area contributed by atoms with E-state index in [2.05, 4.69) is 10.6 Å². The van der Waals surface area contributed by atoms with Crippen molar-refractivity contribution >= 4 is 30.2 Å². The Balaban J connectivity index is 2.88. The van der Waals surface area contributed by atoms with Gasteiger partial charge in [-0.05, 0) is 79.2 Å². The van der Waals surface area contributed by atoms with Crippen molar-refractivity contribution in [1.29, 1.82) is 0 Å². The predicted octanol–water partition coefficient (Wildman–Crippen LogP) is 4.07. The zero-order valence-electron chi connectivity index (χ0n) is 23.6. The van der Waals surface area contributed by atoms with Crippen LogP contribution in [0, 0.1) is 0 Å². The average Bonchev–Trinajstić information content (AvgIpc) is 2.81. The molecule has 214 valence electrons. The van der Waals surface area contributed by atoms with Crippen LogP contribution in [0.3, 0.4) is 0 Å². The van der Waals surface area contributed by atoms with Gasteiger partial charge in [0.15, 0.2) is 0 Å². The molecular formula is C28H44N2O8. The number of nitrogens with one attached hydrogen (secondary N) is 2. The van der Waals surface area contributed by atoms with Crippen LogP contribution in [-0.2, 0) is 33.4 Å². The average molecular weight is 537 g/mol. The van der Waals surface area contributed by atoms with E-state index in [0.717, 1.165) is 18.4 Å². The van der Waals surface area contributed by atoms with Crippen LogP contribution in [0.1, 0.15) is 92.9 Å². The number of hydrogen-bond acceptors (Lipinski definition) is 8. The summed E-state index contributed by atoms with van der Waals surface area (Å²) in [5.41, 5.74) is -1.56. The molecule has 2 N–H and O–H groups in total. The van der Waals surface area contributed by atoms with Gasteiger partial charge >= 0.3 is 18.0 Å². The molecule has 0 aromatic carbocycles. The van der Waals surface area contributed by atoms with Crippen LogP contribution >= 0.6 is 0 Å². The fourth-order valence-corrected chi connectivity index (χ4v) is 3.83. The molecular weight excluding hydrogens is 492 g/mol. The third-order valence-corrected chi connectivity index (χ3v) is 5.44. The number of carbonyl (C=O) groups is 5.